The molecule has 0 aromatic heterocycles. The van der Waals surface area contributed by atoms with Gasteiger partial charge in [0.05, 0.1) is 7.11 Å². The monoisotopic (exact) mass is 192 g/mol. The SMILES string of the molecule is CNCC1Cc2c(cccc2OC)N1. The number of rotatable bonds is 3. The van der Waals surface area contributed by atoms with E-state index in [4.69, 9.17) is 4.74 Å². The Morgan fingerprint density at radius 3 is 3.14 bits per heavy atom. The molecule has 1 unspecified atom stereocenters. The Balaban J connectivity index is 2.21. The lowest BCUT2D eigenvalue weighted by Gasteiger charge is -2.08. The van der Waals surface area contributed by atoms with Crippen molar-refractivity contribution in [3.63, 3.8) is 0 Å². The van der Waals surface area contributed by atoms with Crippen molar-refractivity contribution in [1.29, 1.82) is 0 Å². The molecule has 1 aromatic rings. The molecule has 0 radical (unpaired) electrons. The standard InChI is InChI=1S/C11H16N2O/c1-12-7-8-6-9-10(13-8)4-3-5-11(9)14-2/h3-5,8,12-13H,6-7H2,1-2H3. The second-order valence-electron chi connectivity index (χ2n) is 3.59. The normalized spacial score (nSPS) is 18.9. The fourth-order valence-electron chi connectivity index (χ4n) is 1.99. The highest BCUT2D eigenvalue weighted by Gasteiger charge is 2.22. The molecule has 1 aliphatic rings. The lowest BCUT2D eigenvalue weighted by molar-refractivity contribution is 0.410. The quantitative estimate of drug-likeness (QED) is 0.756. The minimum atomic E-state index is 0.492. The number of anilines is 1. The second kappa shape index (κ2) is 3.88. The van der Waals surface area contributed by atoms with Gasteiger partial charge >= 0.3 is 0 Å². The maximum Gasteiger partial charge on any atom is 0.124 e. The molecule has 76 valence electrons. The summed E-state index contributed by atoms with van der Waals surface area (Å²) in [7, 11) is 3.70. The maximum absolute atomic E-state index is 5.32. The van der Waals surface area contributed by atoms with Crippen molar-refractivity contribution in [2.75, 3.05) is 26.0 Å². The maximum atomic E-state index is 5.32. The molecule has 3 heteroatoms. The number of hydrogen-bond acceptors (Lipinski definition) is 3. The van der Waals surface area contributed by atoms with Gasteiger partial charge in [-0.15, -0.1) is 0 Å². The van der Waals surface area contributed by atoms with Crippen LogP contribution in [0.25, 0.3) is 0 Å². The van der Waals surface area contributed by atoms with E-state index in [-0.39, 0.29) is 0 Å². The number of nitrogens with one attached hydrogen (secondary N) is 2. The molecule has 1 aromatic carbocycles. The molecule has 0 fully saturated rings. The molecule has 2 rings (SSSR count). The number of hydrogen-bond donors (Lipinski definition) is 2. The van der Waals surface area contributed by atoms with Crippen LogP contribution in [0.1, 0.15) is 5.56 Å². The first kappa shape index (κ1) is 9.34. The molecule has 1 atom stereocenters. The van der Waals surface area contributed by atoms with E-state index in [1.807, 2.05) is 19.2 Å². The summed E-state index contributed by atoms with van der Waals surface area (Å²) in [5, 5.41) is 6.65. The van der Waals surface area contributed by atoms with Gasteiger partial charge < -0.3 is 15.4 Å². The number of fused-ring (bicyclic) bond motifs is 1. The van der Waals surface area contributed by atoms with Gasteiger partial charge in [0.2, 0.25) is 0 Å². The number of ether oxygens (including phenoxy) is 1. The van der Waals surface area contributed by atoms with Crippen LogP contribution >= 0.6 is 0 Å². The van der Waals surface area contributed by atoms with Crippen LogP contribution in [0.3, 0.4) is 0 Å². The molecule has 3 nitrogen and oxygen atoms in total. The molecular formula is C11H16N2O. The molecule has 0 saturated carbocycles. The van der Waals surface area contributed by atoms with E-state index in [1.165, 1.54) is 11.3 Å². The Labute approximate surface area is 84.5 Å². The summed E-state index contributed by atoms with van der Waals surface area (Å²) in [5.41, 5.74) is 2.51. The van der Waals surface area contributed by atoms with E-state index >= 15 is 0 Å². The van der Waals surface area contributed by atoms with Crippen molar-refractivity contribution < 1.29 is 4.74 Å². The van der Waals surface area contributed by atoms with Gasteiger partial charge in [0, 0.05) is 23.8 Å². The Morgan fingerprint density at radius 2 is 2.43 bits per heavy atom. The third-order valence-electron chi connectivity index (χ3n) is 2.61. The first-order valence-electron chi connectivity index (χ1n) is 4.92. The highest BCUT2D eigenvalue weighted by atomic mass is 16.5. The predicted octanol–water partition coefficient (Wildman–Crippen LogP) is 1.25. The van der Waals surface area contributed by atoms with E-state index in [9.17, 15) is 0 Å². The molecule has 0 amide bonds. The molecular weight excluding hydrogens is 176 g/mol. The molecule has 2 N–H and O–H groups in total. The summed E-state index contributed by atoms with van der Waals surface area (Å²) < 4.78 is 5.32. The summed E-state index contributed by atoms with van der Waals surface area (Å²) in [6.07, 6.45) is 1.04. The van der Waals surface area contributed by atoms with Crippen LogP contribution in [0, 0.1) is 0 Å². The van der Waals surface area contributed by atoms with Crippen LogP contribution in [0.15, 0.2) is 18.2 Å². The van der Waals surface area contributed by atoms with E-state index in [1.54, 1.807) is 7.11 Å². The van der Waals surface area contributed by atoms with Crippen LogP contribution in [-0.2, 0) is 6.42 Å². The summed E-state index contributed by atoms with van der Waals surface area (Å²) >= 11 is 0. The molecule has 14 heavy (non-hydrogen) atoms. The van der Waals surface area contributed by atoms with Gasteiger partial charge in [0.25, 0.3) is 0 Å². The number of methoxy groups -OCH3 is 1. The van der Waals surface area contributed by atoms with Crippen molar-refractivity contribution in [3.05, 3.63) is 23.8 Å². The summed E-state index contributed by atoms with van der Waals surface area (Å²) in [4.78, 5) is 0. The Morgan fingerprint density at radius 1 is 1.57 bits per heavy atom. The van der Waals surface area contributed by atoms with Crippen LogP contribution in [0.5, 0.6) is 5.75 Å². The van der Waals surface area contributed by atoms with Gasteiger partial charge in [-0.1, -0.05) is 6.07 Å². The number of likely N-dealkylation sites (N-methyl/N-ethyl adjacent to an activating group) is 1. The fraction of sp³-hybridized carbons (Fsp3) is 0.455. The molecule has 1 heterocycles. The zero-order valence-corrected chi connectivity index (χ0v) is 8.63. The molecule has 0 saturated heterocycles. The zero-order chi connectivity index (χ0) is 9.97. The third kappa shape index (κ3) is 1.55. The van der Waals surface area contributed by atoms with Crippen LogP contribution in [0.2, 0.25) is 0 Å². The van der Waals surface area contributed by atoms with Gasteiger partial charge in [0.15, 0.2) is 0 Å². The Bertz CT molecular complexity index is 325. The summed E-state index contributed by atoms with van der Waals surface area (Å²) in [6.45, 7) is 0.984. The minimum Gasteiger partial charge on any atom is -0.496 e. The highest BCUT2D eigenvalue weighted by Crippen LogP contribution is 2.32. The van der Waals surface area contributed by atoms with Gasteiger partial charge in [-0.3, -0.25) is 0 Å². The van der Waals surface area contributed by atoms with Crippen molar-refractivity contribution in [2.45, 2.75) is 12.5 Å². The van der Waals surface area contributed by atoms with E-state index in [0.717, 1.165) is 18.7 Å². The van der Waals surface area contributed by atoms with Gasteiger partial charge in [-0.25, -0.2) is 0 Å². The molecule has 0 bridgehead atoms. The molecule has 1 aliphatic heterocycles. The number of benzene rings is 1. The second-order valence-corrected chi connectivity index (χ2v) is 3.59. The summed E-state index contributed by atoms with van der Waals surface area (Å²) in [6, 6.07) is 6.63. The molecule has 0 spiro atoms. The third-order valence-corrected chi connectivity index (χ3v) is 2.61. The highest BCUT2D eigenvalue weighted by molar-refractivity contribution is 5.62. The molecule has 0 aliphatic carbocycles. The average molecular weight is 192 g/mol. The van der Waals surface area contributed by atoms with E-state index in [2.05, 4.69) is 16.7 Å². The smallest absolute Gasteiger partial charge is 0.124 e. The lowest BCUT2D eigenvalue weighted by Crippen LogP contribution is -2.28. The fourth-order valence-corrected chi connectivity index (χ4v) is 1.99. The first-order chi connectivity index (χ1) is 6.85. The van der Waals surface area contributed by atoms with Gasteiger partial charge in [-0.05, 0) is 25.6 Å². The van der Waals surface area contributed by atoms with Crippen LogP contribution < -0.4 is 15.4 Å². The largest absolute Gasteiger partial charge is 0.496 e. The van der Waals surface area contributed by atoms with Gasteiger partial charge in [0.1, 0.15) is 5.75 Å². The van der Waals surface area contributed by atoms with Crippen molar-refractivity contribution in [1.82, 2.24) is 5.32 Å². The average Bonchev–Trinajstić information content (AvgIpc) is 2.60. The van der Waals surface area contributed by atoms with Gasteiger partial charge in [-0.2, -0.15) is 0 Å². The predicted molar refractivity (Wildman–Crippen MR) is 58.0 cm³/mol. The zero-order valence-electron chi connectivity index (χ0n) is 8.63. The Hall–Kier alpha value is -1.22. The first-order valence-corrected chi connectivity index (χ1v) is 4.92. The van der Waals surface area contributed by atoms with Crippen molar-refractivity contribution in [3.8, 4) is 5.75 Å². The van der Waals surface area contributed by atoms with E-state index in [0.29, 0.717) is 6.04 Å². The van der Waals surface area contributed by atoms with E-state index < -0.39 is 0 Å². The van der Waals surface area contributed by atoms with Crippen molar-refractivity contribution >= 4 is 5.69 Å². The summed E-state index contributed by atoms with van der Waals surface area (Å²) in [5.74, 6) is 0.994. The van der Waals surface area contributed by atoms with Crippen molar-refractivity contribution in [2.24, 2.45) is 0 Å². The lowest BCUT2D eigenvalue weighted by atomic mass is 10.1. The Kier molecular flexibility index (Phi) is 2.59. The van der Waals surface area contributed by atoms with Crippen LogP contribution in [0.4, 0.5) is 5.69 Å². The topological polar surface area (TPSA) is 33.3 Å². The minimum absolute atomic E-state index is 0.492. The van der Waals surface area contributed by atoms with Crippen LogP contribution in [-0.4, -0.2) is 26.7 Å².